The Bertz CT molecular complexity index is 479. The van der Waals surface area contributed by atoms with E-state index in [4.69, 9.17) is 0 Å². The van der Waals surface area contributed by atoms with Crippen molar-refractivity contribution in [3.63, 3.8) is 0 Å². The Balaban J connectivity index is 2.28. The fraction of sp³-hybridized carbons (Fsp3) is 0.0909. The van der Waals surface area contributed by atoms with Gasteiger partial charge in [-0.15, -0.1) is 11.8 Å². The molecule has 5 heteroatoms. The van der Waals surface area contributed by atoms with E-state index < -0.39 is 0 Å². The van der Waals surface area contributed by atoms with Gasteiger partial charge >= 0.3 is 0 Å². The van der Waals surface area contributed by atoms with Crippen LogP contribution in [-0.2, 0) is 4.79 Å². The first-order chi connectivity index (χ1) is 7.69. The van der Waals surface area contributed by atoms with Crippen LogP contribution in [0.4, 0.5) is 4.39 Å². The Hall–Kier alpha value is -1.07. The largest absolute Gasteiger partial charge is 0.279 e. The molecule has 0 radical (unpaired) electrons. The van der Waals surface area contributed by atoms with E-state index in [0.29, 0.717) is 5.70 Å². The zero-order valence-electron chi connectivity index (χ0n) is 8.44. The second kappa shape index (κ2) is 4.84. The molecule has 82 valence electrons. The van der Waals surface area contributed by atoms with E-state index in [-0.39, 0.29) is 10.9 Å². The number of carbonyl (C=O) groups excluding carboxylic acids is 1. The first kappa shape index (κ1) is 11.4. The van der Waals surface area contributed by atoms with Crippen molar-refractivity contribution < 1.29 is 9.18 Å². The highest BCUT2D eigenvalue weighted by Gasteiger charge is 2.21. The lowest BCUT2D eigenvalue weighted by Gasteiger charge is -1.93. The lowest BCUT2D eigenvalue weighted by Crippen LogP contribution is -1.87. The van der Waals surface area contributed by atoms with Crippen LogP contribution in [0.25, 0.3) is 6.08 Å². The minimum absolute atomic E-state index is 0.0614. The summed E-state index contributed by atoms with van der Waals surface area (Å²) in [6.07, 6.45) is 3.54. The number of hydrogen-bond donors (Lipinski definition) is 0. The molecule has 16 heavy (non-hydrogen) atoms. The summed E-state index contributed by atoms with van der Waals surface area (Å²) >= 11 is 2.57. The Kier molecular flexibility index (Phi) is 3.46. The van der Waals surface area contributed by atoms with Crippen LogP contribution in [0.15, 0.2) is 35.0 Å². The van der Waals surface area contributed by atoms with Gasteiger partial charge in [0.1, 0.15) is 15.9 Å². The molecule has 1 aliphatic rings. The Morgan fingerprint density at radius 3 is 2.62 bits per heavy atom. The van der Waals surface area contributed by atoms with E-state index in [2.05, 4.69) is 4.99 Å². The summed E-state index contributed by atoms with van der Waals surface area (Å²) in [5.74, 6) is -0.289. The molecule has 0 saturated heterocycles. The lowest BCUT2D eigenvalue weighted by molar-refractivity contribution is -0.107. The lowest BCUT2D eigenvalue weighted by atomic mass is 10.2. The van der Waals surface area contributed by atoms with Crippen LogP contribution in [0, 0.1) is 5.82 Å². The van der Waals surface area contributed by atoms with Crippen molar-refractivity contribution in [2.45, 2.75) is 0 Å². The molecule has 0 N–H and O–H groups in total. The molecule has 0 aliphatic carbocycles. The molecule has 1 heterocycles. The van der Waals surface area contributed by atoms with Crippen LogP contribution in [0.3, 0.4) is 0 Å². The zero-order chi connectivity index (χ0) is 11.5. The number of halogens is 1. The molecule has 0 aromatic heterocycles. The van der Waals surface area contributed by atoms with Gasteiger partial charge in [-0.25, -0.2) is 9.38 Å². The summed E-state index contributed by atoms with van der Waals surface area (Å²) in [5.41, 5.74) is 1.19. The molecule has 0 atom stereocenters. The summed E-state index contributed by atoms with van der Waals surface area (Å²) in [4.78, 5) is 15.7. The second-order valence-corrected chi connectivity index (χ2v) is 5.07. The van der Waals surface area contributed by atoms with E-state index in [1.165, 1.54) is 23.9 Å². The molecule has 0 fully saturated rings. The van der Waals surface area contributed by atoms with E-state index in [1.807, 2.05) is 6.26 Å². The molecule has 2 rings (SSSR count). The number of thioether (sulfide) groups is 2. The van der Waals surface area contributed by atoms with Gasteiger partial charge in [-0.05, 0) is 41.8 Å². The molecule has 0 bridgehead atoms. The normalized spacial score (nSPS) is 18.0. The van der Waals surface area contributed by atoms with Gasteiger partial charge in [0.05, 0.1) is 0 Å². The van der Waals surface area contributed by atoms with Crippen molar-refractivity contribution in [1.82, 2.24) is 0 Å². The van der Waals surface area contributed by atoms with Gasteiger partial charge in [-0.2, -0.15) is 0 Å². The van der Waals surface area contributed by atoms with E-state index in [9.17, 15) is 9.18 Å². The van der Waals surface area contributed by atoms with Gasteiger partial charge in [0, 0.05) is 0 Å². The number of rotatable bonds is 1. The molecule has 1 aliphatic heterocycles. The van der Waals surface area contributed by atoms with Gasteiger partial charge in [0.15, 0.2) is 0 Å². The summed E-state index contributed by atoms with van der Waals surface area (Å²) in [7, 11) is 0. The first-order valence-corrected chi connectivity index (χ1v) is 6.55. The molecular formula is C11H8FNOS2. The van der Waals surface area contributed by atoms with Crippen molar-refractivity contribution in [3.8, 4) is 0 Å². The highest BCUT2D eigenvalue weighted by atomic mass is 32.2. The molecule has 0 saturated carbocycles. The van der Waals surface area contributed by atoms with Crippen molar-refractivity contribution in [3.05, 3.63) is 41.3 Å². The Morgan fingerprint density at radius 2 is 2.06 bits per heavy atom. The molecule has 2 nitrogen and oxygen atoms in total. The zero-order valence-corrected chi connectivity index (χ0v) is 10.1. The summed E-state index contributed by atoms with van der Waals surface area (Å²) in [5, 5.41) is -0.0614. The number of benzene rings is 1. The first-order valence-electron chi connectivity index (χ1n) is 4.51. The highest BCUT2D eigenvalue weighted by molar-refractivity contribution is 8.45. The summed E-state index contributed by atoms with van der Waals surface area (Å²) in [6.45, 7) is 0. The Labute approximate surface area is 101 Å². The predicted octanol–water partition coefficient (Wildman–Crippen LogP) is 3.16. The quantitative estimate of drug-likeness (QED) is 0.720. The van der Waals surface area contributed by atoms with E-state index in [0.717, 1.165) is 21.7 Å². The highest BCUT2D eigenvalue weighted by Crippen LogP contribution is 2.29. The van der Waals surface area contributed by atoms with Crippen molar-refractivity contribution in [2.24, 2.45) is 4.99 Å². The predicted molar refractivity (Wildman–Crippen MR) is 67.9 cm³/mol. The fourth-order valence-electron chi connectivity index (χ4n) is 1.19. The summed E-state index contributed by atoms with van der Waals surface area (Å²) < 4.78 is 13.4. The third-order valence-corrected chi connectivity index (χ3v) is 3.80. The standard InChI is InChI=1S/C11H8FNOS2/c1-15-11-13-9(10(14)16-11)6-7-2-4-8(12)5-3-7/h2-6H,1H3/b9-6+. The van der Waals surface area contributed by atoms with Gasteiger partial charge in [-0.1, -0.05) is 12.1 Å². The fourth-order valence-corrected chi connectivity index (χ4v) is 2.46. The van der Waals surface area contributed by atoms with Gasteiger partial charge < -0.3 is 0 Å². The smallest absolute Gasteiger partial charge is 0.244 e. The van der Waals surface area contributed by atoms with Crippen molar-refractivity contribution in [1.29, 1.82) is 0 Å². The molecule has 0 amide bonds. The maximum Gasteiger partial charge on any atom is 0.244 e. The molecule has 1 aromatic carbocycles. The van der Waals surface area contributed by atoms with Crippen LogP contribution in [0.2, 0.25) is 0 Å². The van der Waals surface area contributed by atoms with Crippen LogP contribution in [-0.4, -0.2) is 15.7 Å². The monoisotopic (exact) mass is 253 g/mol. The third-order valence-electron chi connectivity index (χ3n) is 1.95. The Morgan fingerprint density at radius 1 is 1.38 bits per heavy atom. The number of aliphatic imine (C=N–C) groups is 1. The van der Waals surface area contributed by atoms with E-state index >= 15 is 0 Å². The van der Waals surface area contributed by atoms with Gasteiger partial charge in [0.25, 0.3) is 0 Å². The molecule has 0 unspecified atom stereocenters. The average Bonchev–Trinajstić information content (AvgIpc) is 2.63. The average molecular weight is 253 g/mol. The summed E-state index contributed by atoms with van der Waals surface area (Å²) in [6, 6.07) is 5.95. The minimum Gasteiger partial charge on any atom is -0.279 e. The molecule has 0 spiro atoms. The molecular weight excluding hydrogens is 245 g/mol. The molecule has 1 aromatic rings. The van der Waals surface area contributed by atoms with Gasteiger partial charge in [-0.3, -0.25) is 4.79 Å². The number of carbonyl (C=O) groups is 1. The third kappa shape index (κ3) is 2.54. The number of nitrogens with zero attached hydrogens (tertiary/aromatic N) is 1. The van der Waals surface area contributed by atoms with Crippen molar-refractivity contribution in [2.75, 3.05) is 6.26 Å². The van der Waals surface area contributed by atoms with Crippen LogP contribution in [0.5, 0.6) is 0 Å². The van der Waals surface area contributed by atoms with Crippen LogP contribution in [0.1, 0.15) is 5.56 Å². The maximum absolute atomic E-state index is 12.7. The maximum atomic E-state index is 12.7. The van der Waals surface area contributed by atoms with Crippen molar-refractivity contribution >= 4 is 39.1 Å². The van der Waals surface area contributed by atoms with Crippen LogP contribution >= 0.6 is 23.5 Å². The van der Waals surface area contributed by atoms with Gasteiger partial charge in [0.2, 0.25) is 5.12 Å². The minimum atomic E-state index is -0.289. The SMILES string of the molecule is CSC1=N/C(=C/c2ccc(F)cc2)C(=O)S1. The topological polar surface area (TPSA) is 29.4 Å². The number of hydrogen-bond acceptors (Lipinski definition) is 4. The second-order valence-electron chi connectivity index (χ2n) is 3.05. The van der Waals surface area contributed by atoms with E-state index in [1.54, 1.807) is 18.2 Å². The van der Waals surface area contributed by atoms with Crippen LogP contribution < -0.4 is 0 Å².